The number of fused-ring (bicyclic) bond motifs is 12. The number of hydrogen-bond donors (Lipinski definition) is 1. The number of benzene rings is 5. The fourth-order valence-corrected chi connectivity index (χ4v) is 12.0. The Bertz CT molecular complexity index is 2860. The van der Waals surface area contributed by atoms with E-state index in [0.29, 0.717) is 0 Å². The molecular formula is C45H32B3N5O3S2. The van der Waals surface area contributed by atoms with E-state index in [1.165, 1.54) is 49.9 Å². The van der Waals surface area contributed by atoms with Gasteiger partial charge in [-0.25, -0.2) is 0 Å². The van der Waals surface area contributed by atoms with Gasteiger partial charge in [0.2, 0.25) is 0 Å². The fraction of sp³-hybridized carbons (Fsp3) is 0.111. The Morgan fingerprint density at radius 3 is 1.62 bits per heavy atom. The van der Waals surface area contributed by atoms with Crippen LogP contribution in [0.1, 0.15) is 16.7 Å². The molecule has 0 bridgehead atoms. The van der Waals surface area contributed by atoms with E-state index in [1.54, 1.807) is 23.9 Å². The molecule has 0 radical (unpaired) electrons. The predicted octanol–water partition coefficient (Wildman–Crippen LogP) is 4.78. The maximum Gasteiger partial charge on any atom is 0.260 e. The van der Waals surface area contributed by atoms with E-state index < -0.39 is 0 Å². The minimum Gasteiger partial charge on any atom is -0.458 e. The van der Waals surface area contributed by atoms with Crippen LogP contribution in [0.2, 0.25) is 0 Å². The average Bonchev–Trinajstić information content (AvgIpc) is 3.21. The number of hydrogen-bond acceptors (Lipinski definition) is 10. The van der Waals surface area contributed by atoms with Crippen LogP contribution in [-0.4, -0.2) is 42.6 Å². The quantitative estimate of drug-likeness (QED) is 0.196. The Hall–Kier alpha value is -5.91. The molecule has 0 atom stereocenters. The summed E-state index contributed by atoms with van der Waals surface area (Å²) in [6.45, 7) is 6.29. The van der Waals surface area contributed by atoms with Crippen molar-refractivity contribution < 1.29 is 14.2 Å². The topological polar surface area (TPSA) is 72.0 Å². The van der Waals surface area contributed by atoms with Crippen molar-refractivity contribution in [2.75, 3.05) is 26.4 Å². The lowest BCUT2D eigenvalue weighted by Crippen LogP contribution is -2.65. The number of nitrogens with zero attached hydrogens (tertiary/aromatic N) is 4. The zero-order valence-corrected chi connectivity index (χ0v) is 33.9. The van der Waals surface area contributed by atoms with Gasteiger partial charge in [0, 0.05) is 53.5 Å². The summed E-state index contributed by atoms with van der Waals surface area (Å²) in [5, 5.41) is 3.89. The van der Waals surface area contributed by atoms with Gasteiger partial charge in [-0.3, -0.25) is 18.6 Å². The lowest BCUT2D eigenvalue weighted by atomic mass is 9.29. The molecule has 58 heavy (non-hydrogen) atoms. The van der Waals surface area contributed by atoms with Crippen LogP contribution in [0.15, 0.2) is 97.6 Å². The van der Waals surface area contributed by atoms with E-state index >= 15 is 0 Å². The number of rotatable bonds is 2. The molecule has 0 spiro atoms. The average molecular weight is 787 g/mol. The van der Waals surface area contributed by atoms with Gasteiger partial charge in [-0.1, -0.05) is 12.1 Å². The Kier molecular flexibility index (Phi) is 6.63. The van der Waals surface area contributed by atoms with E-state index in [4.69, 9.17) is 14.2 Å². The second-order valence-electron chi connectivity index (χ2n) is 16.1. The highest BCUT2D eigenvalue weighted by Crippen LogP contribution is 2.45. The van der Waals surface area contributed by atoms with Crippen LogP contribution in [0.3, 0.4) is 0 Å². The monoisotopic (exact) mass is 787 g/mol. The van der Waals surface area contributed by atoms with Crippen LogP contribution < -0.4 is 77.3 Å². The van der Waals surface area contributed by atoms with Crippen molar-refractivity contribution >= 4 is 127 Å². The van der Waals surface area contributed by atoms with Crippen molar-refractivity contribution in [1.82, 2.24) is 9.97 Å². The van der Waals surface area contributed by atoms with E-state index in [1.807, 2.05) is 24.8 Å². The number of aryl methyl sites for hydroxylation is 3. The molecule has 13 rings (SSSR count). The molecule has 0 saturated heterocycles. The Balaban J connectivity index is 1.09. The summed E-state index contributed by atoms with van der Waals surface area (Å²) in [5.74, 6) is 5.03. The van der Waals surface area contributed by atoms with Gasteiger partial charge >= 0.3 is 0 Å². The normalized spacial score (nSPS) is 14.8. The standard InChI is InChI=1S/C45H32B3N5O3S2/c1-22-10-32-43-38(13-22)55-41-20-49-8-6-25(41)46(43)27-16-28-33(18-31(27)51-32)52(57-4)35-11-23(2)12-36-44(35)48(28)29-17-30-37(19-34(29)53(36)58-5)54-39-14-24(3)15-40-45(39)47(30)26-7-9-50-21-42(26)56-40/h6-21,51H,1-5H3. The minimum absolute atomic E-state index is 0.0195. The number of aromatic nitrogens is 2. The lowest BCUT2D eigenvalue weighted by Gasteiger charge is -2.44. The van der Waals surface area contributed by atoms with E-state index in [-0.39, 0.29) is 20.1 Å². The van der Waals surface area contributed by atoms with E-state index in [2.05, 4.69) is 130 Å². The smallest absolute Gasteiger partial charge is 0.260 e. The van der Waals surface area contributed by atoms with Gasteiger partial charge in [0.15, 0.2) is 0 Å². The molecule has 8 heterocycles. The Morgan fingerprint density at radius 1 is 0.466 bits per heavy atom. The molecule has 2 aromatic heterocycles. The predicted molar refractivity (Wildman–Crippen MR) is 244 cm³/mol. The highest BCUT2D eigenvalue weighted by Gasteiger charge is 2.48. The molecule has 7 aromatic rings. The second kappa shape index (κ2) is 11.6. The van der Waals surface area contributed by atoms with Crippen LogP contribution in [0.5, 0.6) is 34.5 Å². The van der Waals surface area contributed by atoms with Crippen molar-refractivity contribution in [2.24, 2.45) is 0 Å². The molecule has 6 aliphatic rings. The van der Waals surface area contributed by atoms with Gasteiger partial charge < -0.3 is 19.5 Å². The van der Waals surface area contributed by atoms with Gasteiger partial charge in [0.25, 0.3) is 20.1 Å². The molecule has 0 amide bonds. The van der Waals surface area contributed by atoms with Crippen molar-refractivity contribution in [3.8, 4) is 34.5 Å². The summed E-state index contributed by atoms with van der Waals surface area (Å²) >= 11 is 3.50. The molecule has 0 saturated carbocycles. The first kappa shape index (κ1) is 33.1. The van der Waals surface area contributed by atoms with Gasteiger partial charge in [-0.2, -0.15) is 0 Å². The molecule has 0 unspecified atom stereocenters. The van der Waals surface area contributed by atoms with Gasteiger partial charge in [-0.15, -0.1) is 0 Å². The summed E-state index contributed by atoms with van der Waals surface area (Å²) in [6.07, 6.45) is 11.8. The first-order valence-corrected chi connectivity index (χ1v) is 21.9. The number of anilines is 6. The van der Waals surface area contributed by atoms with Crippen LogP contribution in [0.4, 0.5) is 34.1 Å². The largest absolute Gasteiger partial charge is 0.458 e. The minimum atomic E-state index is -0.0720. The molecule has 0 fully saturated rings. The van der Waals surface area contributed by atoms with E-state index in [9.17, 15) is 0 Å². The third-order valence-electron chi connectivity index (χ3n) is 12.7. The molecule has 8 nitrogen and oxygen atoms in total. The third-order valence-corrected chi connectivity index (χ3v) is 14.2. The van der Waals surface area contributed by atoms with Crippen LogP contribution in [0, 0.1) is 20.8 Å². The van der Waals surface area contributed by atoms with E-state index in [0.717, 1.165) is 84.5 Å². The lowest BCUT2D eigenvalue weighted by molar-refractivity contribution is 0.463. The summed E-state index contributed by atoms with van der Waals surface area (Å²) in [7, 11) is 0. The zero-order valence-electron chi connectivity index (χ0n) is 32.3. The molecule has 0 aliphatic carbocycles. The van der Waals surface area contributed by atoms with Gasteiger partial charge in [0.1, 0.15) is 34.5 Å². The number of ether oxygens (including phenoxy) is 3. The summed E-state index contributed by atoms with van der Waals surface area (Å²) in [4.78, 5) is 8.94. The SMILES string of the molecule is CSN1c2cc3c(cc2B2c4cc5c(cc4N(SC)c4cc(C)cc1c42)Oc1cc(C)cc2c1B5c1ccncc1O2)B1c2ccncc2Oc2cc(C)cc(c21)N3. The van der Waals surface area contributed by atoms with Crippen molar-refractivity contribution in [3.63, 3.8) is 0 Å². The highest BCUT2D eigenvalue weighted by atomic mass is 32.2. The molecule has 5 aromatic carbocycles. The number of nitrogens with one attached hydrogen (secondary N) is 1. The van der Waals surface area contributed by atoms with Gasteiger partial charge in [-0.05, 0) is 160 Å². The third kappa shape index (κ3) is 4.27. The highest BCUT2D eigenvalue weighted by molar-refractivity contribution is 8.00. The van der Waals surface area contributed by atoms with Crippen molar-refractivity contribution in [2.45, 2.75) is 20.8 Å². The van der Waals surface area contributed by atoms with Crippen molar-refractivity contribution in [1.29, 1.82) is 0 Å². The fourth-order valence-electron chi connectivity index (χ4n) is 10.5. The number of pyridine rings is 2. The Labute approximate surface area is 345 Å². The molecular weight excluding hydrogens is 755 g/mol. The first-order valence-electron chi connectivity index (χ1n) is 19.5. The van der Waals surface area contributed by atoms with Crippen LogP contribution in [-0.2, 0) is 0 Å². The molecule has 6 aliphatic heterocycles. The summed E-state index contributed by atoms with van der Waals surface area (Å²) in [6, 6.07) is 27.2. The van der Waals surface area contributed by atoms with Crippen LogP contribution >= 0.6 is 23.9 Å². The van der Waals surface area contributed by atoms with Crippen molar-refractivity contribution in [3.05, 3.63) is 114 Å². The maximum atomic E-state index is 6.93. The van der Waals surface area contributed by atoms with Crippen LogP contribution in [0.25, 0.3) is 0 Å². The molecule has 1 N–H and O–H groups in total. The van der Waals surface area contributed by atoms with Gasteiger partial charge in [0.05, 0.1) is 29.5 Å². The zero-order chi connectivity index (χ0) is 38.7. The summed E-state index contributed by atoms with van der Waals surface area (Å²) in [5.41, 5.74) is 21.1. The molecule has 276 valence electrons. The second-order valence-corrected chi connectivity index (χ2v) is 17.5. The summed E-state index contributed by atoms with van der Waals surface area (Å²) < 4.78 is 24.9. The Morgan fingerprint density at radius 2 is 0.983 bits per heavy atom. The molecule has 13 heteroatoms. The maximum absolute atomic E-state index is 6.93. The first-order chi connectivity index (χ1) is 28.4.